The van der Waals surface area contributed by atoms with Gasteiger partial charge in [-0.05, 0) is 93.6 Å². The summed E-state index contributed by atoms with van der Waals surface area (Å²) in [5.74, 6) is 0. The smallest absolute Gasteiger partial charge is 0.137 e. The van der Waals surface area contributed by atoms with Crippen LogP contribution in [0.2, 0.25) is 0 Å². The average Bonchev–Trinajstić information content (AvgIpc) is 3.53. The summed E-state index contributed by atoms with van der Waals surface area (Å²) in [7, 11) is 0. The zero-order valence-electron chi connectivity index (χ0n) is 33.1. The Morgan fingerprint density at radius 3 is 1.71 bits per heavy atom. The fourth-order valence-corrected chi connectivity index (χ4v) is 5.18. The molecule has 8 rings (SSSR count). The Morgan fingerprint density at radius 2 is 1.05 bits per heavy atom. The summed E-state index contributed by atoms with van der Waals surface area (Å²) in [5.41, 5.74) is 3.32. The lowest BCUT2D eigenvalue weighted by Gasteiger charge is -2.25. The van der Waals surface area contributed by atoms with E-state index in [1.165, 1.54) is 0 Å². The van der Waals surface area contributed by atoms with E-state index >= 15 is 0 Å². The summed E-state index contributed by atoms with van der Waals surface area (Å²) in [4.78, 5) is 2.11. The fourth-order valence-electron chi connectivity index (χ4n) is 5.18. The van der Waals surface area contributed by atoms with E-state index in [0.717, 1.165) is 27.8 Å². The van der Waals surface area contributed by atoms with Gasteiger partial charge in [0.25, 0.3) is 0 Å². The highest BCUT2D eigenvalue weighted by atomic mass is 16.3. The van der Waals surface area contributed by atoms with E-state index in [2.05, 4.69) is 4.90 Å². The van der Waals surface area contributed by atoms with Crippen molar-refractivity contribution in [2.75, 3.05) is 4.90 Å². The van der Waals surface area contributed by atoms with Crippen LogP contribution in [0, 0.1) is 0 Å². The maximum Gasteiger partial charge on any atom is 0.137 e. The zero-order valence-corrected chi connectivity index (χ0v) is 22.1. The van der Waals surface area contributed by atoms with E-state index in [1.54, 1.807) is 18.2 Å². The van der Waals surface area contributed by atoms with Gasteiger partial charge in [-0.2, -0.15) is 0 Å². The van der Waals surface area contributed by atoms with Crippen molar-refractivity contribution in [3.05, 3.63) is 164 Å². The molecule has 0 saturated heterocycles. The molecule has 0 bridgehead atoms. The molecule has 0 aliphatic carbocycles. The van der Waals surface area contributed by atoms with Gasteiger partial charge in [0, 0.05) is 33.9 Å². The Balaban J connectivity index is 1.32. The van der Waals surface area contributed by atoms with Gasteiger partial charge in [-0.15, -0.1) is 0 Å². The van der Waals surface area contributed by atoms with Gasteiger partial charge < -0.3 is 9.32 Å². The van der Waals surface area contributed by atoms with Crippen LogP contribution in [0.15, 0.2) is 168 Å². The van der Waals surface area contributed by atoms with Crippen molar-refractivity contribution < 1.29 is 19.5 Å². The molecule has 42 heavy (non-hydrogen) atoms. The summed E-state index contributed by atoms with van der Waals surface area (Å²) < 4.78 is 101. The molecule has 2 heteroatoms. The molecular formula is C40H27NO. The molecule has 7 aromatic carbocycles. The standard InChI is InChI=1S/C40H27NO/c1-4-10-28(11-5-1)30-18-16-29-17-19-31(25-33(29)24-30)32-20-22-37-38-23-21-36(27-40(38)42-39(37)26-32)41(34-12-6-2-7-13-34)35-14-8-3-9-15-35/h1-27H/i1D,4D,5D,10D,11D,16D,17D,18D,19D,24D,25D. The van der Waals surface area contributed by atoms with E-state index in [4.69, 9.17) is 18.1 Å². The number of hydrogen-bond donors (Lipinski definition) is 0. The summed E-state index contributed by atoms with van der Waals surface area (Å²) in [6.45, 7) is 0. The second-order valence-electron chi connectivity index (χ2n) is 9.75. The minimum Gasteiger partial charge on any atom is -0.456 e. The van der Waals surface area contributed by atoms with Gasteiger partial charge in [0.2, 0.25) is 0 Å². The van der Waals surface area contributed by atoms with Gasteiger partial charge in [-0.1, -0.05) is 96.8 Å². The maximum absolute atomic E-state index is 9.26. The Labute approximate surface area is 260 Å². The van der Waals surface area contributed by atoms with Crippen molar-refractivity contribution in [2.45, 2.75) is 0 Å². The third kappa shape index (κ3) is 4.31. The molecule has 1 heterocycles. The van der Waals surface area contributed by atoms with Crippen molar-refractivity contribution >= 4 is 49.8 Å². The van der Waals surface area contributed by atoms with Crippen molar-refractivity contribution in [1.82, 2.24) is 0 Å². The molecule has 2 nitrogen and oxygen atoms in total. The molecule has 0 aliphatic rings. The van der Waals surface area contributed by atoms with E-state index in [1.807, 2.05) is 78.9 Å². The second-order valence-corrected chi connectivity index (χ2v) is 9.75. The van der Waals surface area contributed by atoms with Crippen LogP contribution < -0.4 is 4.90 Å². The van der Waals surface area contributed by atoms with E-state index in [-0.39, 0.29) is 28.4 Å². The van der Waals surface area contributed by atoms with Crippen LogP contribution in [-0.4, -0.2) is 0 Å². The molecule has 0 N–H and O–H groups in total. The minimum absolute atomic E-state index is 0.0116. The molecule has 0 aliphatic heterocycles. The SMILES string of the molecule is [2H]c1c([2H])c([2H])c(-c2c([2H])c([2H])c3c([2H])c([2H])c(-c4ccc5c(c4)oc4cc(N(c6ccccc6)c6ccccc6)ccc45)c([2H])c3c2[2H])c([2H])c1[2H]. The normalized spacial score (nSPS) is 15.0. The van der Waals surface area contributed by atoms with Gasteiger partial charge in [0.05, 0.1) is 15.1 Å². The Morgan fingerprint density at radius 1 is 0.452 bits per heavy atom. The number of nitrogens with zero attached hydrogens (tertiary/aromatic N) is 1. The Bertz CT molecular complexity index is 2730. The van der Waals surface area contributed by atoms with E-state index in [0.29, 0.717) is 16.7 Å². The second kappa shape index (κ2) is 10.1. The Kier molecular flexibility index (Phi) is 3.71. The predicted molar refractivity (Wildman–Crippen MR) is 177 cm³/mol. The monoisotopic (exact) mass is 548 g/mol. The summed E-state index contributed by atoms with van der Waals surface area (Å²) in [6, 6.07) is 24.7. The van der Waals surface area contributed by atoms with Crippen LogP contribution >= 0.6 is 0 Å². The predicted octanol–water partition coefficient (Wildman–Crippen LogP) is 11.5. The van der Waals surface area contributed by atoms with Crippen molar-refractivity contribution in [3.63, 3.8) is 0 Å². The maximum atomic E-state index is 9.26. The van der Waals surface area contributed by atoms with Gasteiger partial charge in [0.15, 0.2) is 0 Å². The largest absolute Gasteiger partial charge is 0.456 e. The number of rotatable bonds is 5. The number of hydrogen-bond acceptors (Lipinski definition) is 2. The molecule has 0 amide bonds. The molecule has 0 saturated carbocycles. The first-order valence-electron chi connectivity index (χ1n) is 18.9. The first kappa shape index (κ1) is 15.4. The first-order chi connectivity index (χ1) is 25.4. The van der Waals surface area contributed by atoms with Crippen LogP contribution in [0.5, 0.6) is 0 Å². The quantitative estimate of drug-likeness (QED) is 0.213. The lowest BCUT2D eigenvalue weighted by atomic mass is 9.97. The molecule has 0 radical (unpaired) electrons. The first-order valence-corrected chi connectivity index (χ1v) is 13.4. The third-order valence-electron chi connectivity index (χ3n) is 7.16. The number of furan rings is 1. The molecule has 0 atom stereocenters. The van der Waals surface area contributed by atoms with Crippen LogP contribution in [0.25, 0.3) is 55.0 Å². The zero-order chi connectivity index (χ0) is 37.5. The highest BCUT2D eigenvalue weighted by Gasteiger charge is 2.15. The number of para-hydroxylation sites is 2. The number of benzene rings is 7. The molecule has 1 aromatic heterocycles. The van der Waals surface area contributed by atoms with Gasteiger partial charge in [0.1, 0.15) is 11.2 Å². The summed E-state index contributed by atoms with van der Waals surface area (Å²) >= 11 is 0. The number of fused-ring (bicyclic) bond motifs is 4. The molecule has 198 valence electrons. The minimum atomic E-state index is -0.667. The van der Waals surface area contributed by atoms with E-state index < -0.39 is 65.5 Å². The van der Waals surface area contributed by atoms with Crippen LogP contribution in [0.3, 0.4) is 0 Å². The molecule has 0 spiro atoms. The topological polar surface area (TPSA) is 16.4 Å². The van der Waals surface area contributed by atoms with Crippen molar-refractivity contribution in [2.24, 2.45) is 0 Å². The van der Waals surface area contributed by atoms with E-state index in [9.17, 15) is 1.37 Å². The summed E-state index contributed by atoms with van der Waals surface area (Å²) in [6.07, 6.45) is 0. The fraction of sp³-hybridized carbons (Fsp3) is 0. The van der Waals surface area contributed by atoms with Gasteiger partial charge >= 0.3 is 0 Å². The van der Waals surface area contributed by atoms with Crippen molar-refractivity contribution in [3.8, 4) is 22.3 Å². The van der Waals surface area contributed by atoms with Crippen LogP contribution in [0.4, 0.5) is 17.1 Å². The lowest BCUT2D eigenvalue weighted by molar-refractivity contribution is 0.669. The molecule has 0 unspecified atom stereocenters. The summed E-state index contributed by atoms with van der Waals surface area (Å²) in [5, 5.41) is 1.11. The van der Waals surface area contributed by atoms with Crippen LogP contribution in [-0.2, 0) is 0 Å². The third-order valence-corrected chi connectivity index (χ3v) is 7.16. The number of anilines is 3. The average molecular weight is 549 g/mol. The van der Waals surface area contributed by atoms with Crippen LogP contribution in [0.1, 0.15) is 15.1 Å². The Hall–Kier alpha value is -5.60. The van der Waals surface area contributed by atoms with Gasteiger partial charge in [-0.25, -0.2) is 0 Å². The highest BCUT2D eigenvalue weighted by Crippen LogP contribution is 2.39. The van der Waals surface area contributed by atoms with Crippen molar-refractivity contribution in [1.29, 1.82) is 0 Å². The molecular weight excluding hydrogens is 510 g/mol. The van der Waals surface area contributed by atoms with Gasteiger partial charge in [-0.3, -0.25) is 0 Å². The highest BCUT2D eigenvalue weighted by molar-refractivity contribution is 6.07. The lowest BCUT2D eigenvalue weighted by Crippen LogP contribution is -2.09. The molecule has 8 aromatic rings. The molecule has 0 fully saturated rings.